The van der Waals surface area contributed by atoms with Gasteiger partial charge in [-0.05, 0) is 23.1 Å². The minimum absolute atomic E-state index is 0.103. The van der Waals surface area contributed by atoms with E-state index >= 15 is 0 Å². The summed E-state index contributed by atoms with van der Waals surface area (Å²) in [5, 5.41) is 12.4. The summed E-state index contributed by atoms with van der Waals surface area (Å²) in [4.78, 5) is 16.2. The van der Waals surface area contributed by atoms with Gasteiger partial charge in [-0.15, -0.1) is 10.2 Å². The molecule has 3 aromatic rings. The van der Waals surface area contributed by atoms with Crippen molar-refractivity contribution in [1.82, 2.24) is 19.7 Å². The summed E-state index contributed by atoms with van der Waals surface area (Å²) in [6.45, 7) is 6.55. The molecule has 0 aliphatic heterocycles. The van der Waals surface area contributed by atoms with E-state index in [0.717, 1.165) is 11.4 Å². The highest BCUT2D eigenvalue weighted by molar-refractivity contribution is 7.99. The largest absolute Gasteiger partial charge is 0.310 e. The Labute approximate surface area is 173 Å². The number of benzene rings is 1. The summed E-state index contributed by atoms with van der Waals surface area (Å²) >= 11 is 7.12. The van der Waals surface area contributed by atoms with Crippen LogP contribution in [0.1, 0.15) is 26.3 Å². The van der Waals surface area contributed by atoms with Gasteiger partial charge in [0.15, 0.2) is 11.0 Å². The maximum Gasteiger partial charge on any atom is 0.236 e. The third-order valence-corrected chi connectivity index (χ3v) is 5.42. The molecule has 0 saturated heterocycles. The highest BCUT2D eigenvalue weighted by atomic mass is 35.5. The van der Waals surface area contributed by atoms with Gasteiger partial charge in [-0.25, -0.2) is 4.98 Å². The van der Waals surface area contributed by atoms with E-state index in [-0.39, 0.29) is 17.1 Å². The van der Waals surface area contributed by atoms with Crippen LogP contribution in [0.5, 0.6) is 0 Å². The maximum absolute atomic E-state index is 12.1. The number of aromatic nitrogens is 4. The van der Waals surface area contributed by atoms with Crippen LogP contribution >= 0.6 is 23.4 Å². The van der Waals surface area contributed by atoms with Gasteiger partial charge in [0.05, 0.1) is 10.8 Å². The number of pyridine rings is 1. The zero-order chi connectivity index (χ0) is 20.3. The van der Waals surface area contributed by atoms with Gasteiger partial charge in [-0.1, -0.05) is 68.4 Å². The fraction of sp³-hybridized carbons (Fsp3) is 0.300. The molecule has 2 aromatic heterocycles. The predicted octanol–water partition coefficient (Wildman–Crippen LogP) is 4.56. The van der Waals surface area contributed by atoms with Crippen molar-refractivity contribution in [2.24, 2.45) is 7.05 Å². The van der Waals surface area contributed by atoms with E-state index in [2.05, 4.69) is 65.5 Å². The Kier molecular flexibility index (Phi) is 6.05. The Morgan fingerprint density at radius 2 is 1.86 bits per heavy atom. The van der Waals surface area contributed by atoms with Crippen LogP contribution in [-0.2, 0) is 17.3 Å². The fourth-order valence-electron chi connectivity index (χ4n) is 2.57. The number of rotatable bonds is 5. The normalized spacial score (nSPS) is 11.5. The summed E-state index contributed by atoms with van der Waals surface area (Å²) in [7, 11) is 1.90. The average Bonchev–Trinajstić information content (AvgIpc) is 3.02. The van der Waals surface area contributed by atoms with Crippen molar-refractivity contribution in [3.63, 3.8) is 0 Å². The fourth-order valence-corrected chi connectivity index (χ4v) is 3.39. The SMILES string of the molecule is Cn1c(SCC(=O)Nc2ccc(Cl)cn2)nnc1-c1ccc(C(C)(C)C)cc1. The highest BCUT2D eigenvalue weighted by Crippen LogP contribution is 2.27. The molecular weight excluding hydrogens is 394 g/mol. The predicted molar refractivity (Wildman–Crippen MR) is 114 cm³/mol. The molecule has 0 radical (unpaired) electrons. The number of hydrogen-bond donors (Lipinski definition) is 1. The zero-order valence-corrected chi connectivity index (χ0v) is 17.8. The summed E-state index contributed by atoms with van der Waals surface area (Å²) in [5.41, 5.74) is 2.36. The lowest BCUT2D eigenvalue weighted by molar-refractivity contribution is -0.113. The lowest BCUT2D eigenvalue weighted by Gasteiger charge is -2.19. The third-order valence-electron chi connectivity index (χ3n) is 4.17. The second kappa shape index (κ2) is 8.32. The first-order valence-corrected chi connectivity index (χ1v) is 10.1. The quantitative estimate of drug-likeness (QED) is 0.618. The maximum atomic E-state index is 12.1. The van der Waals surface area contributed by atoms with Gasteiger partial charge in [0.25, 0.3) is 0 Å². The number of anilines is 1. The number of nitrogens with zero attached hydrogens (tertiary/aromatic N) is 4. The van der Waals surface area contributed by atoms with Crippen molar-refractivity contribution in [3.8, 4) is 11.4 Å². The molecule has 6 nitrogen and oxygen atoms in total. The molecule has 1 aromatic carbocycles. The van der Waals surface area contributed by atoms with E-state index in [1.807, 2.05) is 11.6 Å². The van der Waals surface area contributed by atoms with Crippen molar-refractivity contribution < 1.29 is 4.79 Å². The average molecular weight is 416 g/mol. The Bertz CT molecular complexity index is 962. The number of carbonyl (C=O) groups is 1. The number of amides is 1. The Hall–Kier alpha value is -2.38. The van der Waals surface area contributed by atoms with Crippen molar-refractivity contribution in [1.29, 1.82) is 0 Å². The van der Waals surface area contributed by atoms with Crippen LogP contribution in [-0.4, -0.2) is 31.4 Å². The number of halogens is 1. The van der Waals surface area contributed by atoms with Gasteiger partial charge < -0.3 is 9.88 Å². The molecule has 28 heavy (non-hydrogen) atoms. The number of nitrogens with one attached hydrogen (secondary N) is 1. The molecule has 8 heteroatoms. The van der Waals surface area contributed by atoms with Crippen LogP contribution in [0.25, 0.3) is 11.4 Å². The van der Waals surface area contributed by atoms with Crippen molar-refractivity contribution in [3.05, 3.63) is 53.2 Å². The Morgan fingerprint density at radius 3 is 2.46 bits per heavy atom. The van der Waals surface area contributed by atoms with E-state index in [1.165, 1.54) is 23.5 Å². The number of thioether (sulfide) groups is 1. The van der Waals surface area contributed by atoms with Gasteiger partial charge in [0.1, 0.15) is 5.82 Å². The monoisotopic (exact) mass is 415 g/mol. The van der Waals surface area contributed by atoms with Gasteiger partial charge in [-0.2, -0.15) is 0 Å². The minimum Gasteiger partial charge on any atom is -0.310 e. The highest BCUT2D eigenvalue weighted by Gasteiger charge is 2.16. The summed E-state index contributed by atoms with van der Waals surface area (Å²) in [6, 6.07) is 11.7. The number of carbonyl (C=O) groups excluding carboxylic acids is 1. The standard InChI is InChI=1S/C20H22ClN5OS/c1-20(2,3)14-7-5-13(6-8-14)18-24-25-19(26(18)4)28-12-17(27)23-16-10-9-15(21)11-22-16/h5-11H,12H2,1-4H3,(H,22,23,27). The Morgan fingerprint density at radius 1 is 1.14 bits per heavy atom. The van der Waals surface area contributed by atoms with E-state index < -0.39 is 0 Å². The van der Waals surface area contributed by atoms with Crippen LogP contribution < -0.4 is 5.32 Å². The lowest BCUT2D eigenvalue weighted by atomic mass is 9.87. The molecule has 0 atom stereocenters. The van der Waals surface area contributed by atoms with E-state index in [1.54, 1.807) is 12.1 Å². The first-order valence-electron chi connectivity index (χ1n) is 8.78. The third kappa shape index (κ3) is 4.91. The number of hydrogen-bond acceptors (Lipinski definition) is 5. The summed E-state index contributed by atoms with van der Waals surface area (Å²) in [6.07, 6.45) is 1.49. The summed E-state index contributed by atoms with van der Waals surface area (Å²) in [5.74, 6) is 1.27. The summed E-state index contributed by atoms with van der Waals surface area (Å²) < 4.78 is 1.89. The van der Waals surface area contributed by atoms with Gasteiger partial charge in [0.2, 0.25) is 5.91 Å². The first kappa shape index (κ1) is 20.4. The molecule has 0 fully saturated rings. The molecule has 0 aliphatic rings. The molecule has 1 amide bonds. The van der Waals surface area contributed by atoms with Gasteiger partial charge in [-0.3, -0.25) is 4.79 Å². The topological polar surface area (TPSA) is 72.7 Å². The zero-order valence-electron chi connectivity index (χ0n) is 16.2. The molecular formula is C20H22ClN5OS. The molecule has 2 heterocycles. The van der Waals surface area contributed by atoms with Crippen LogP contribution in [0.15, 0.2) is 47.8 Å². The van der Waals surface area contributed by atoms with Crippen LogP contribution in [0.2, 0.25) is 5.02 Å². The van der Waals surface area contributed by atoms with E-state index in [4.69, 9.17) is 11.6 Å². The van der Waals surface area contributed by atoms with Crippen LogP contribution in [0, 0.1) is 0 Å². The first-order chi connectivity index (χ1) is 13.2. The molecule has 146 valence electrons. The molecule has 1 N–H and O–H groups in total. The lowest BCUT2D eigenvalue weighted by Crippen LogP contribution is -2.15. The minimum atomic E-state index is -0.168. The molecule has 0 spiro atoms. The molecule has 0 bridgehead atoms. The van der Waals surface area contributed by atoms with Gasteiger partial charge >= 0.3 is 0 Å². The van der Waals surface area contributed by atoms with Crippen LogP contribution in [0.4, 0.5) is 5.82 Å². The second-order valence-corrected chi connectivity index (χ2v) is 8.77. The Balaban J connectivity index is 1.64. The molecule has 0 unspecified atom stereocenters. The van der Waals surface area contributed by atoms with E-state index in [0.29, 0.717) is 16.0 Å². The molecule has 0 aliphatic carbocycles. The van der Waals surface area contributed by atoms with Crippen LogP contribution in [0.3, 0.4) is 0 Å². The molecule has 0 saturated carbocycles. The van der Waals surface area contributed by atoms with Gasteiger partial charge in [0, 0.05) is 18.8 Å². The van der Waals surface area contributed by atoms with Crippen molar-refractivity contribution in [2.75, 3.05) is 11.1 Å². The second-order valence-electron chi connectivity index (χ2n) is 7.39. The van der Waals surface area contributed by atoms with Crippen molar-refractivity contribution in [2.45, 2.75) is 31.3 Å². The smallest absolute Gasteiger partial charge is 0.236 e. The molecule has 3 rings (SSSR count). The van der Waals surface area contributed by atoms with Crippen molar-refractivity contribution >= 4 is 35.1 Å². The van der Waals surface area contributed by atoms with E-state index in [9.17, 15) is 4.79 Å².